The van der Waals surface area contributed by atoms with Crippen LogP contribution in [0.15, 0.2) is 170 Å². The molecule has 1 aliphatic rings. The van der Waals surface area contributed by atoms with Crippen LogP contribution in [0.5, 0.6) is 11.5 Å². The molecule has 11 aromatic rings. The molecule has 0 N–H and O–H groups in total. The van der Waals surface area contributed by atoms with Crippen molar-refractivity contribution in [2.24, 2.45) is 0 Å². The van der Waals surface area contributed by atoms with Crippen molar-refractivity contribution in [1.82, 2.24) is 14.1 Å². The predicted molar refractivity (Wildman–Crippen MR) is 312 cm³/mol. The molecule has 0 bridgehead atoms. The maximum Gasteiger partial charge on any atom is 0.135 e. The molecule has 3 aromatic heterocycles. The number of hydrogen-bond acceptors (Lipinski definition) is 3. The quantitative estimate of drug-likeness (QED) is 0.156. The minimum atomic E-state index is -0.808. The second kappa shape index (κ2) is 18.5. The number of nitrogens with zero attached hydrogens (tertiary/aromatic N) is 4. The van der Waals surface area contributed by atoms with Gasteiger partial charge in [-0.2, -0.15) is 12.1 Å². The molecule has 4 heterocycles. The van der Waals surface area contributed by atoms with Crippen molar-refractivity contribution in [2.45, 2.75) is 98.3 Å². The van der Waals surface area contributed by atoms with E-state index in [0.717, 1.165) is 88.3 Å². The van der Waals surface area contributed by atoms with Crippen molar-refractivity contribution in [2.75, 3.05) is 4.90 Å². The molecule has 8 aromatic carbocycles. The van der Waals surface area contributed by atoms with Gasteiger partial charge in [-0.25, -0.2) is 4.98 Å². The minimum Gasteiger partial charge on any atom is -0.509 e. The normalized spacial score (nSPS) is 13.2. The van der Waals surface area contributed by atoms with Crippen LogP contribution >= 0.6 is 0 Å². The number of aromatic nitrogens is 3. The summed E-state index contributed by atoms with van der Waals surface area (Å²) in [6.45, 7) is 26.5. The zero-order valence-corrected chi connectivity index (χ0v) is 47.0. The van der Waals surface area contributed by atoms with Gasteiger partial charge in [0.2, 0.25) is 0 Å². The Bertz CT molecular complexity index is 4160. The van der Waals surface area contributed by atoms with Gasteiger partial charge < -0.3 is 18.8 Å². The summed E-state index contributed by atoms with van der Waals surface area (Å²) in [5.74, 6) is 1.20. The van der Waals surface area contributed by atoms with Gasteiger partial charge in [0.05, 0.1) is 0 Å². The van der Waals surface area contributed by atoms with E-state index in [1.54, 1.807) is 0 Å². The van der Waals surface area contributed by atoms with E-state index in [1.807, 2.05) is 38.2 Å². The topological polar surface area (TPSA) is 35.2 Å². The van der Waals surface area contributed by atoms with Crippen molar-refractivity contribution in [3.8, 4) is 28.4 Å². The first kappa shape index (κ1) is 48.6. The summed E-state index contributed by atoms with van der Waals surface area (Å²) in [5, 5.41) is 9.14. The van der Waals surface area contributed by atoms with Gasteiger partial charge in [0, 0.05) is 51.3 Å². The van der Waals surface area contributed by atoms with E-state index in [2.05, 4.69) is 241 Å². The molecule has 1 aliphatic heterocycles. The van der Waals surface area contributed by atoms with Gasteiger partial charge in [-0.05, 0) is 135 Å². The Morgan fingerprint density at radius 1 is 0.533 bits per heavy atom. The monoisotopic (exact) mass is 1160 g/mol. The van der Waals surface area contributed by atoms with E-state index in [-0.39, 0.29) is 37.3 Å². The van der Waals surface area contributed by atoms with Crippen LogP contribution in [0.1, 0.15) is 106 Å². The second-order valence-corrected chi connectivity index (χ2v) is 23.4. The number of pyridine rings is 1. The predicted octanol–water partition coefficient (Wildman–Crippen LogP) is 18.9. The molecule has 0 radical (unpaired) electrons. The third kappa shape index (κ3) is 8.73. The van der Waals surface area contributed by atoms with E-state index in [0.29, 0.717) is 11.5 Å². The van der Waals surface area contributed by atoms with Gasteiger partial charge in [-0.1, -0.05) is 197 Å². The molecule has 6 heteroatoms. The summed E-state index contributed by atoms with van der Waals surface area (Å²) in [7, 11) is 0. The largest absolute Gasteiger partial charge is 0.509 e. The van der Waals surface area contributed by atoms with Crippen molar-refractivity contribution < 1.29 is 27.2 Å². The summed E-state index contributed by atoms with van der Waals surface area (Å²) in [6, 6.07) is 66.6. The molecule has 0 unspecified atom stereocenters. The van der Waals surface area contributed by atoms with Crippen LogP contribution in [0.3, 0.4) is 0 Å². The van der Waals surface area contributed by atoms with E-state index in [9.17, 15) is 1.37 Å². The first-order chi connectivity index (χ1) is 35.7. The number of anilines is 2. The van der Waals surface area contributed by atoms with Crippen LogP contribution in [0, 0.1) is 18.8 Å². The molecule has 378 valence electrons. The zero-order valence-electron chi connectivity index (χ0n) is 45.8. The average molecular weight is 1160 g/mol. The van der Waals surface area contributed by atoms with Crippen molar-refractivity contribution >= 4 is 76.5 Å². The van der Waals surface area contributed by atoms with Crippen molar-refractivity contribution in [3.63, 3.8) is 0 Å². The van der Waals surface area contributed by atoms with E-state index >= 15 is 0 Å². The Labute approximate surface area is 457 Å². The minimum absolute atomic E-state index is 0. The first-order valence-electron chi connectivity index (χ1n) is 26.4. The summed E-state index contributed by atoms with van der Waals surface area (Å²) < 4.78 is 20.8. The molecule has 75 heavy (non-hydrogen) atoms. The third-order valence-electron chi connectivity index (χ3n) is 15.0. The number of hydrogen-bond donors (Lipinski definition) is 0. The molecular weight excluding hydrogens is 1100 g/mol. The van der Waals surface area contributed by atoms with Gasteiger partial charge in [0.15, 0.2) is 0 Å². The number of rotatable bonds is 6. The summed E-state index contributed by atoms with van der Waals surface area (Å²) in [4.78, 5) is 7.21. The van der Waals surface area contributed by atoms with Gasteiger partial charge >= 0.3 is 0 Å². The van der Waals surface area contributed by atoms with Crippen molar-refractivity contribution in [3.05, 3.63) is 211 Å². The molecule has 0 saturated heterocycles. The first-order valence-corrected chi connectivity index (χ1v) is 25.9. The molecule has 0 amide bonds. The molecule has 5 nitrogen and oxygen atoms in total. The zero-order chi connectivity index (χ0) is 52.3. The third-order valence-corrected chi connectivity index (χ3v) is 15.0. The summed E-state index contributed by atoms with van der Waals surface area (Å²) >= 11 is 0. The average Bonchev–Trinajstić information content (AvgIpc) is 3.94. The number of fused-ring (bicyclic) bond motifs is 10. The maximum absolute atomic E-state index is 9.29. The van der Waals surface area contributed by atoms with Gasteiger partial charge in [0.1, 0.15) is 5.82 Å². The maximum atomic E-state index is 9.29. The molecule has 0 aliphatic carbocycles. The summed E-state index contributed by atoms with van der Waals surface area (Å²) in [6.07, 6.45) is 1.92. The Balaban J connectivity index is 0.00000616. The second-order valence-electron chi connectivity index (χ2n) is 23.4. The fourth-order valence-corrected chi connectivity index (χ4v) is 10.9. The molecular formula is C69H63N4OPt-3. The van der Waals surface area contributed by atoms with Crippen LogP contribution in [0.25, 0.3) is 82.1 Å². The molecule has 0 saturated carbocycles. The SMILES string of the molecule is [2H]C(C)(C)c1cc(-c2cccc3c4ccccc4c4ccccc4c4cccc5c4n(c23)[CH-]N5c2[c-]c(Oc3[c-]c4c(cc3)c3cc(C(C)(C)C)ccc3n4-c3cc(C(C)(C)C)ccn3)ccc2)cc(C(C)(C)C)c1.[Pt]. The molecule has 0 atom stereocenters. The van der Waals surface area contributed by atoms with Crippen LogP contribution in [-0.4, -0.2) is 14.1 Å². The Hall–Kier alpha value is -7.33. The van der Waals surface area contributed by atoms with Crippen LogP contribution in [0.4, 0.5) is 11.4 Å². The van der Waals surface area contributed by atoms with Gasteiger partial charge in [-0.3, -0.25) is 0 Å². The fraction of sp³-hybridized carbons (Fsp3) is 0.217. The van der Waals surface area contributed by atoms with Gasteiger partial charge in [0.25, 0.3) is 0 Å². The number of ether oxygens (including phenoxy) is 1. The number of para-hydroxylation sites is 2. The Morgan fingerprint density at radius 3 is 1.80 bits per heavy atom. The Morgan fingerprint density at radius 2 is 1.13 bits per heavy atom. The van der Waals surface area contributed by atoms with E-state index < -0.39 is 5.89 Å². The Kier molecular flexibility index (Phi) is 12.0. The van der Waals surface area contributed by atoms with Crippen LogP contribution in [0.2, 0.25) is 0 Å². The smallest absolute Gasteiger partial charge is 0.135 e. The van der Waals surface area contributed by atoms with Crippen molar-refractivity contribution in [1.29, 1.82) is 0 Å². The summed E-state index contributed by atoms with van der Waals surface area (Å²) in [5.41, 5.74) is 12.6. The molecule has 0 fully saturated rings. The van der Waals surface area contributed by atoms with E-state index in [1.165, 1.54) is 27.5 Å². The van der Waals surface area contributed by atoms with Crippen LogP contribution < -0.4 is 9.64 Å². The standard InChI is InChI=1S/C69H63N4O.Pt/c1-43(2)44-35-45(37-48(36-44)69(9,10)11)52-25-17-26-58-55-23-14-12-21-53(55)54-22-13-15-24-56(54)59-27-18-28-62-66(59)72(65(52)58)42-71(62)49-19-16-20-50(40-49)74-51-30-31-57-60-38-46(67(3,4)5)29-32-61(60)73(63(57)41-51)64-39-47(33-34-70-64)68(6,7)8;/h12-39,42-43H,1-11H3;/q-3;/i43D;. The number of benzene rings is 8. The van der Waals surface area contributed by atoms with Crippen LogP contribution in [-0.2, 0) is 37.3 Å². The molecule has 12 rings (SSSR count). The fourth-order valence-electron chi connectivity index (χ4n) is 10.9. The van der Waals surface area contributed by atoms with Gasteiger partial charge in [-0.15, -0.1) is 35.7 Å². The van der Waals surface area contributed by atoms with E-state index in [4.69, 9.17) is 9.72 Å². The molecule has 0 spiro atoms.